The molecule has 10 heteroatoms. The van der Waals surface area contributed by atoms with Crippen LogP contribution in [0.1, 0.15) is 31.5 Å². The van der Waals surface area contributed by atoms with E-state index in [4.69, 9.17) is 4.74 Å². The smallest absolute Gasteiger partial charge is 0.431 e. The predicted octanol–water partition coefficient (Wildman–Crippen LogP) is 4.46. The molecule has 0 saturated heterocycles. The Hall–Kier alpha value is -2.85. The van der Waals surface area contributed by atoms with Crippen LogP contribution in [-0.4, -0.2) is 41.1 Å². The molecule has 0 amide bonds. The van der Waals surface area contributed by atoms with Crippen molar-refractivity contribution in [1.82, 2.24) is 15.3 Å². The first-order valence-corrected chi connectivity index (χ1v) is 9.92. The predicted molar refractivity (Wildman–Crippen MR) is 114 cm³/mol. The van der Waals surface area contributed by atoms with Gasteiger partial charge in [0.2, 0.25) is 5.72 Å². The molecule has 6 nitrogen and oxygen atoms in total. The van der Waals surface area contributed by atoms with Crippen molar-refractivity contribution >= 4 is 16.7 Å². The highest BCUT2D eigenvalue weighted by Crippen LogP contribution is 2.42. The van der Waals surface area contributed by atoms with Gasteiger partial charge in [-0.25, -0.2) is 9.37 Å². The van der Waals surface area contributed by atoms with Gasteiger partial charge in [-0.2, -0.15) is 13.2 Å². The molecule has 4 N–H and O–H groups in total. The number of fused-ring (bicyclic) bond motifs is 1. The molecule has 3 aromatic rings. The van der Waals surface area contributed by atoms with E-state index in [1.54, 1.807) is 25.4 Å². The number of H-pyrrole nitrogens is 1. The van der Waals surface area contributed by atoms with E-state index in [-0.39, 0.29) is 17.9 Å². The molecule has 2 heterocycles. The number of aromatic nitrogens is 2. The minimum Gasteiger partial charge on any atom is -0.496 e. The van der Waals surface area contributed by atoms with Gasteiger partial charge in [0, 0.05) is 36.7 Å². The minimum atomic E-state index is -4.99. The second kappa shape index (κ2) is 8.59. The van der Waals surface area contributed by atoms with Crippen molar-refractivity contribution in [1.29, 1.82) is 0 Å². The Balaban J connectivity index is 1.87. The molecule has 3 rings (SSSR count). The number of hydrogen-bond donors (Lipinski definition) is 4. The zero-order chi connectivity index (χ0) is 23.7. The summed E-state index contributed by atoms with van der Waals surface area (Å²) in [5.74, 6) is 0.253. The van der Waals surface area contributed by atoms with Crippen LogP contribution in [0.2, 0.25) is 0 Å². The van der Waals surface area contributed by atoms with Gasteiger partial charge < -0.3 is 20.1 Å². The highest BCUT2D eigenvalue weighted by Gasteiger charge is 2.56. The third-order valence-electron chi connectivity index (χ3n) is 5.45. The SMILES string of the molecule is CNc1cc2cc(CNC(O)(CC(C)(C)c3cc(F)ccc3OC)C(F)(F)F)[nH]c2cn1. The summed E-state index contributed by atoms with van der Waals surface area (Å²) in [5, 5.41) is 16.6. The lowest BCUT2D eigenvalue weighted by molar-refractivity contribution is -0.280. The summed E-state index contributed by atoms with van der Waals surface area (Å²) < 4.78 is 61.0. The number of hydrogen-bond acceptors (Lipinski definition) is 5. The van der Waals surface area contributed by atoms with E-state index in [0.717, 1.165) is 17.5 Å². The lowest BCUT2D eigenvalue weighted by Gasteiger charge is -2.38. The maximum atomic E-state index is 14.0. The molecule has 2 aromatic heterocycles. The zero-order valence-electron chi connectivity index (χ0n) is 18.2. The lowest BCUT2D eigenvalue weighted by atomic mass is 9.77. The standard InChI is InChI=1S/C22H26F4N4O2/c1-20(2,16-9-14(23)5-6-18(16)32-4)12-21(31,22(24,25)26)29-10-15-7-13-8-19(27-3)28-11-17(13)30-15/h5-9,11,29-31H,10,12H2,1-4H3,(H,27,28). The van der Waals surface area contributed by atoms with Crippen molar-refractivity contribution in [3.05, 3.63) is 53.6 Å². The number of rotatable bonds is 8. The van der Waals surface area contributed by atoms with Gasteiger partial charge in [-0.05, 0) is 35.7 Å². The average molecular weight is 454 g/mol. The number of pyridine rings is 1. The van der Waals surface area contributed by atoms with Crippen LogP contribution in [0, 0.1) is 5.82 Å². The van der Waals surface area contributed by atoms with Crippen molar-refractivity contribution in [3.8, 4) is 5.75 Å². The average Bonchev–Trinajstić information content (AvgIpc) is 3.13. The van der Waals surface area contributed by atoms with E-state index < -0.39 is 29.6 Å². The molecule has 0 bridgehead atoms. The molecule has 32 heavy (non-hydrogen) atoms. The highest BCUT2D eigenvalue weighted by molar-refractivity contribution is 5.82. The molecule has 0 fully saturated rings. The molecule has 1 unspecified atom stereocenters. The second-order valence-electron chi connectivity index (χ2n) is 8.32. The highest BCUT2D eigenvalue weighted by atomic mass is 19.4. The summed E-state index contributed by atoms with van der Waals surface area (Å²) in [6.45, 7) is 2.71. The first-order chi connectivity index (χ1) is 14.9. The Morgan fingerprint density at radius 2 is 1.88 bits per heavy atom. The van der Waals surface area contributed by atoms with Gasteiger partial charge in [0.05, 0.1) is 18.8 Å². The van der Waals surface area contributed by atoms with Crippen LogP contribution in [0.3, 0.4) is 0 Å². The summed E-state index contributed by atoms with van der Waals surface area (Å²) in [5.41, 5.74) is -3.20. The second-order valence-corrected chi connectivity index (χ2v) is 8.32. The van der Waals surface area contributed by atoms with Crippen LogP contribution in [0.5, 0.6) is 5.75 Å². The van der Waals surface area contributed by atoms with Crippen LogP contribution in [0.4, 0.5) is 23.4 Å². The van der Waals surface area contributed by atoms with Crippen molar-refractivity contribution in [2.45, 2.75) is 44.1 Å². The Kier molecular flexibility index (Phi) is 6.39. The summed E-state index contributed by atoms with van der Waals surface area (Å²) in [7, 11) is 3.06. The van der Waals surface area contributed by atoms with Gasteiger partial charge in [0.25, 0.3) is 0 Å². The number of aliphatic hydroxyl groups is 1. The Bertz CT molecular complexity index is 1100. The zero-order valence-corrected chi connectivity index (χ0v) is 18.2. The topological polar surface area (TPSA) is 82.2 Å². The molecule has 0 aliphatic heterocycles. The molecule has 1 aromatic carbocycles. The fourth-order valence-electron chi connectivity index (χ4n) is 3.77. The molecule has 0 radical (unpaired) electrons. The number of nitrogens with zero attached hydrogens (tertiary/aromatic N) is 1. The first kappa shape index (κ1) is 23.8. The monoisotopic (exact) mass is 454 g/mol. The molecule has 0 aliphatic carbocycles. The Morgan fingerprint density at radius 1 is 1.16 bits per heavy atom. The van der Waals surface area contributed by atoms with E-state index in [1.165, 1.54) is 27.0 Å². The van der Waals surface area contributed by atoms with Gasteiger partial charge in [-0.3, -0.25) is 5.32 Å². The molecule has 0 spiro atoms. The molecule has 0 aliphatic rings. The third kappa shape index (κ3) is 4.81. The number of benzene rings is 1. The molecular formula is C22H26F4N4O2. The number of nitrogens with one attached hydrogen (secondary N) is 3. The number of aromatic amines is 1. The Morgan fingerprint density at radius 3 is 2.50 bits per heavy atom. The van der Waals surface area contributed by atoms with Gasteiger partial charge >= 0.3 is 6.18 Å². The molecule has 174 valence electrons. The maximum absolute atomic E-state index is 14.0. The van der Waals surface area contributed by atoms with E-state index >= 15 is 0 Å². The van der Waals surface area contributed by atoms with Gasteiger partial charge in [0.1, 0.15) is 17.4 Å². The third-order valence-corrected chi connectivity index (χ3v) is 5.45. The van der Waals surface area contributed by atoms with Crippen LogP contribution < -0.4 is 15.4 Å². The van der Waals surface area contributed by atoms with Crippen molar-refractivity contribution in [2.75, 3.05) is 19.5 Å². The van der Waals surface area contributed by atoms with Crippen molar-refractivity contribution < 1.29 is 27.4 Å². The number of alkyl halides is 3. The summed E-state index contributed by atoms with van der Waals surface area (Å²) >= 11 is 0. The fraction of sp³-hybridized carbons (Fsp3) is 0.409. The number of methoxy groups -OCH3 is 1. The minimum absolute atomic E-state index is 0.223. The molecular weight excluding hydrogens is 428 g/mol. The van der Waals surface area contributed by atoms with E-state index in [1.807, 2.05) is 0 Å². The van der Waals surface area contributed by atoms with E-state index in [0.29, 0.717) is 17.0 Å². The molecule has 0 saturated carbocycles. The van der Waals surface area contributed by atoms with E-state index in [2.05, 4.69) is 20.6 Å². The summed E-state index contributed by atoms with van der Waals surface area (Å²) in [6.07, 6.45) is -4.19. The van der Waals surface area contributed by atoms with E-state index in [9.17, 15) is 22.7 Å². The van der Waals surface area contributed by atoms with Crippen LogP contribution in [-0.2, 0) is 12.0 Å². The van der Waals surface area contributed by atoms with Gasteiger partial charge in [0.15, 0.2) is 0 Å². The summed E-state index contributed by atoms with van der Waals surface area (Å²) in [4.78, 5) is 7.15. The normalized spacial score (nSPS) is 14.4. The van der Waals surface area contributed by atoms with Gasteiger partial charge in [-0.1, -0.05) is 13.8 Å². The van der Waals surface area contributed by atoms with Crippen molar-refractivity contribution in [2.24, 2.45) is 0 Å². The van der Waals surface area contributed by atoms with Crippen molar-refractivity contribution in [3.63, 3.8) is 0 Å². The number of anilines is 1. The molecule has 1 atom stereocenters. The first-order valence-electron chi connectivity index (χ1n) is 9.92. The summed E-state index contributed by atoms with van der Waals surface area (Å²) in [6, 6.07) is 7.08. The number of halogens is 4. The van der Waals surface area contributed by atoms with Crippen LogP contribution in [0.15, 0.2) is 36.5 Å². The largest absolute Gasteiger partial charge is 0.496 e. The quantitative estimate of drug-likeness (QED) is 0.299. The van der Waals surface area contributed by atoms with Crippen LogP contribution >= 0.6 is 0 Å². The maximum Gasteiger partial charge on any atom is 0.431 e. The van der Waals surface area contributed by atoms with Crippen LogP contribution in [0.25, 0.3) is 10.9 Å². The lowest BCUT2D eigenvalue weighted by Crippen LogP contribution is -2.59. The number of ether oxygens (including phenoxy) is 1. The fourth-order valence-corrected chi connectivity index (χ4v) is 3.77. The van der Waals surface area contributed by atoms with Gasteiger partial charge in [-0.15, -0.1) is 0 Å². The Labute approximate surface area is 183 Å².